The molecule has 0 radical (unpaired) electrons. The first-order valence-electron chi connectivity index (χ1n) is 6.98. The molecule has 1 unspecified atom stereocenters. The molecule has 19 heavy (non-hydrogen) atoms. The molecule has 0 aromatic heterocycles. The number of benzene rings is 1. The molecule has 1 rings (SSSR count). The minimum absolute atomic E-state index is 0.0254. The molecular weight excluding hydrogens is 238 g/mol. The number of hydrogen-bond acceptors (Lipinski definition) is 2. The number of hydrogen-bond donors (Lipinski definition) is 3. The number of nitrogens with two attached hydrogens (primary N) is 1. The van der Waals surface area contributed by atoms with Gasteiger partial charge in [0.15, 0.2) is 0 Å². The molecular formula is C15H25N3O. The lowest BCUT2D eigenvalue weighted by atomic mass is 9.95. The van der Waals surface area contributed by atoms with Crippen molar-refractivity contribution in [1.82, 2.24) is 10.6 Å². The van der Waals surface area contributed by atoms with Gasteiger partial charge in [-0.1, -0.05) is 57.0 Å². The molecule has 0 spiro atoms. The van der Waals surface area contributed by atoms with E-state index in [0.29, 0.717) is 19.0 Å². The number of amides is 2. The van der Waals surface area contributed by atoms with Gasteiger partial charge in [-0.3, -0.25) is 0 Å². The molecule has 1 aromatic carbocycles. The smallest absolute Gasteiger partial charge is 0.315 e. The topological polar surface area (TPSA) is 67.1 Å². The van der Waals surface area contributed by atoms with Gasteiger partial charge in [-0.25, -0.2) is 4.79 Å². The molecule has 106 valence electrons. The van der Waals surface area contributed by atoms with Crippen molar-refractivity contribution in [2.45, 2.75) is 39.3 Å². The maximum absolute atomic E-state index is 11.6. The summed E-state index contributed by atoms with van der Waals surface area (Å²) in [7, 11) is 0. The van der Waals surface area contributed by atoms with E-state index in [9.17, 15) is 4.79 Å². The second-order valence-electron chi connectivity index (χ2n) is 4.79. The fourth-order valence-electron chi connectivity index (χ4n) is 2.11. The van der Waals surface area contributed by atoms with Gasteiger partial charge in [0.05, 0.1) is 0 Å². The zero-order valence-corrected chi connectivity index (χ0v) is 11.9. The molecule has 0 heterocycles. The van der Waals surface area contributed by atoms with Gasteiger partial charge in [0.1, 0.15) is 0 Å². The fraction of sp³-hybridized carbons (Fsp3) is 0.533. The first-order valence-corrected chi connectivity index (χ1v) is 6.98. The molecule has 4 nitrogen and oxygen atoms in total. The van der Waals surface area contributed by atoms with Gasteiger partial charge in [-0.15, -0.1) is 0 Å². The van der Waals surface area contributed by atoms with E-state index in [0.717, 1.165) is 18.4 Å². The molecule has 0 aliphatic heterocycles. The molecule has 0 fully saturated rings. The molecule has 0 bridgehead atoms. The average Bonchev–Trinajstić information content (AvgIpc) is 2.45. The van der Waals surface area contributed by atoms with Crippen LogP contribution in [0.1, 0.15) is 32.3 Å². The monoisotopic (exact) mass is 263 g/mol. The van der Waals surface area contributed by atoms with Crippen LogP contribution in [0.4, 0.5) is 4.79 Å². The number of rotatable bonds is 7. The number of nitrogens with one attached hydrogen (secondary N) is 2. The molecule has 4 N–H and O–H groups in total. The quantitative estimate of drug-likeness (QED) is 0.706. The SMILES string of the molecule is CCC(CC)C(N)CNC(=O)NCc1ccccc1. The van der Waals surface area contributed by atoms with E-state index in [4.69, 9.17) is 5.73 Å². The summed E-state index contributed by atoms with van der Waals surface area (Å²) < 4.78 is 0. The Bertz CT molecular complexity index is 363. The minimum Gasteiger partial charge on any atom is -0.337 e. The summed E-state index contributed by atoms with van der Waals surface area (Å²) in [6, 6.07) is 9.70. The lowest BCUT2D eigenvalue weighted by Crippen LogP contribution is -2.45. The largest absolute Gasteiger partial charge is 0.337 e. The highest BCUT2D eigenvalue weighted by Gasteiger charge is 2.14. The number of urea groups is 1. The molecule has 0 saturated heterocycles. The Balaban J connectivity index is 2.24. The van der Waals surface area contributed by atoms with Crippen molar-refractivity contribution in [2.24, 2.45) is 11.7 Å². The summed E-state index contributed by atoms with van der Waals surface area (Å²) in [5, 5.41) is 5.65. The van der Waals surface area contributed by atoms with Crippen LogP contribution in [0, 0.1) is 5.92 Å². The van der Waals surface area contributed by atoms with Crippen LogP contribution in [-0.2, 0) is 6.54 Å². The second-order valence-corrected chi connectivity index (χ2v) is 4.79. The zero-order chi connectivity index (χ0) is 14.1. The highest BCUT2D eigenvalue weighted by molar-refractivity contribution is 5.73. The van der Waals surface area contributed by atoms with Crippen molar-refractivity contribution in [3.8, 4) is 0 Å². The summed E-state index contributed by atoms with van der Waals surface area (Å²) in [6.45, 7) is 5.31. The van der Waals surface area contributed by atoms with E-state index in [1.807, 2.05) is 30.3 Å². The van der Waals surface area contributed by atoms with Gasteiger partial charge >= 0.3 is 6.03 Å². The Labute approximate surface area is 115 Å². The highest BCUT2D eigenvalue weighted by atomic mass is 16.2. The molecule has 0 saturated carbocycles. The fourth-order valence-corrected chi connectivity index (χ4v) is 2.11. The Hall–Kier alpha value is -1.55. The lowest BCUT2D eigenvalue weighted by molar-refractivity contribution is 0.238. The third-order valence-electron chi connectivity index (χ3n) is 3.45. The van der Waals surface area contributed by atoms with E-state index in [-0.39, 0.29) is 12.1 Å². The normalized spacial score (nSPS) is 12.2. The molecule has 0 aliphatic rings. The maximum Gasteiger partial charge on any atom is 0.315 e. The third kappa shape index (κ3) is 5.75. The van der Waals surface area contributed by atoms with Gasteiger partial charge < -0.3 is 16.4 Å². The highest BCUT2D eigenvalue weighted by Crippen LogP contribution is 2.10. The van der Waals surface area contributed by atoms with Crippen LogP contribution >= 0.6 is 0 Å². The van der Waals surface area contributed by atoms with E-state index >= 15 is 0 Å². The molecule has 4 heteroatoms. The average molecular weight is 263 g/mol. The standard InChI is InChI=1S/C15H25N3O/c1-3-13(4-2)14(16)11-18-15(19)17-10-12-8-6-5-7-9-12/h5-9,13-14H,3-4,10-11,16H2,1-2H3,(H2,17,18,19). The van der Waals surface area contributed by atoms with Crippen molar-refractivity contribution in [2.75, 3.05) is 6.54 Å². The predicted molar refractivity (Wildman–Crippen MR) is 78.7 cm³/mol. The van der Waals surface area contributed by atoms with E-state index in [2.05, 4.69) is 24.5 Å². The van der Waals surface area contributed by atoms with E-state index in [1.54, 1.807) is 0 Å². The first kappa shape index (κ1) is 15.5. The van der Waals surface area contributed by atoms with Crippen LogP contribution in [0.3, 0.4) is 0 Å². The van der Waals surface area contributed by atoms with Crippen molar-refractivity contribution >= 4 is 6.03 Å². The van der Waals surface area contributed by atoms with Crippen LogP contribution in [0.25, 0.3) is 0 Å². The second kappa shape index (κ2) is 8.53. The summed E-state index contributed by atoms with van der Waals surface area (Å²) in [4.78, 5) is 11.6. The van der Waals surface area contributed by atoms with Crippen molar-refractivity contribution in [1.29, 1.82) is 0 Å². The van der Waals surface area contributed by atoms with Gasteiger partial charge in [-0.2, -0.15) is 0 Å². The predicted octanol–water partition coefficient (Wildman–Crippen LogP) is 2.25. The number of carbonyl (C=O) groups is 1. The summed E-state index contributed by atoms with van der Waals surface area (Å²) in [5.41, 5.74) is 7.14. The Morgan fingerprint density at radius 2 is 1.79 bits per heavy atom. The van der Waals surface area contributed by atoms with E-state index in [1.165, 1.54) is 0 Å². The third-order valence-corrected chi connectivity index (χ3v) is 3.45. The van der Waals surface area contributed by atoms with E-state index < -0.39 is 0 Å². The minimum atomic E-state index is -0.162. The first-order chi connectivity index (χ1) is 9.17. The van der Waals surface area contributed by atoms with Crippen LogP contribution in [0.15, 0.2) is 30.3 Å². The Morgan fingerprint density at radius 1 is 1.16 bits per heavy atom. The summed E-state index contributed by atoms with van der Waals surface area (Å²) in [5.74, 6) is 0.467. The van der Waals surface area contributed by atoms with Gasteiger partial charge in [0.2, 0.25) is 0 Å². The van der Waals surface area contributed by atoms with Crippen molar-refractivity contribution in [3.63, 3.8) is 0 Å². The van der Waals surface area contributed by atoms with Gasteiger partial charge in [0.25, 0.3) is 0 Å². The Morgan fingerprint density at radius 3 is 2.37 bits per heavy atom. The van der Waals surface area contributed by atoms with Crippen molar-refractivity contribution in [3.05, 3.63) is 35.9 Å². The molecule has 1 atom stereocenters. The van der Waals surface area contributed by atoms with Gasteiger partial charge in [-0.05, 0) is 11.5 Å². The molecule has 2 amide bonds. The number of carbonyl (C=O) groups excluding carboxylic acids is 1. The maximum atomic E-state index is 11.6. The van der Waals surface area contributed by atoms with Gasteiger partial charge in [0, 0.05) is 19.1 Å². The molecule has 1 aromatic rings. The lowest BCUT2D eigenvalue weighted by Gasteiger charge is -2.21. The van der Waals surface area contributed by atoms with Crippen LogP contribution in [0.5, 0.6) is 0 Å². The van der Waals surface area contributed by atoms with Crippen LogP contribution in [0.2, 0.25) is 0 Å². The summed E-state index contributed by atoms with van der Waals surface area (Å²) in [6.07, 6.45) is 2.09. The van der Waals surface area contributed by atoms with Crippen LogP contribution < -0.4 is 16.4 Å². The zero-order valence-electron chi connectivity index (χ0n) is 11.9. The Kier molecular flexibility index (Phi) is 6.97. The van der Waals surface area contributed by atoms with Crippen molar-refractivity contribution < 1.29 is 4.79 Å². The van der Waals surface area contributed by atoms with Crippen LogP contribution in [-0.4, -0.2) is 18.6 Å². The summed E-state index contributed by atoms with van der Waals surface area (Å²) >= 11 is 0. The molecule has 0 aliphatic carbocycles.